The smallest absolute Gasteiger partial charge is 0.258 e. The minimum Gasteiger partial charge on any atom is -0.493 e. The molecule has 0 fully saturated rings. The maximum atomic E-state index is 12.8. The van der Waals surface area contributed by atoms with Crippen LogP contribution in [-0.2, 0) is 13.5 Å². The highest BCUT2D eigenvalue weighted by Crippen LogP contribution is 2.29. The zero-order valence-corrected chi connectivity index (χ0v) is 20.2. The number of guanidine groups is 1. The second-order valence-corrected chi connectivity index (χ2v) is 7.85. The summed E-state index contributed by atoms with van der Waals surface area (Å²) in [5.41, 5.74) is 4.34. The van der Waals surface area contributed by atoms with Crippen molar-refractivity contribution in [1.82, 2.24) is 15.1 Å². The van der Waals surface area contributed by atoms with Crippen molar-refractivity contribution in [3.63, 3.8) is 0 Å². The van der Waals surface area contributed by atoms with Crippen molar-refractivity contribution in [3.8, 4) is 11.5 Å². The zero-order valence-electron chi connectivity index (χ0n) is 19.4. The molecule has 33 heavy (non-hydrogen) atoms. The number of halogens is 1. The number of rotatable bonds is 7. The van der Waals surface area contributed by atoms with Crippen molar-refractivity contribution in [1.29, 1.82) is 0 Å². The second-order valence-electron chi connectivity index (χ2n) is 7.41. The summed E-state index contributed by atoms with van der Waals surface area (Å²) in [7, 11) is 5.06. The first kappa shape index (κ1) is 24.1. The number of anilines is 1. The van der Waals surface area contributed by atoms with Gasteiger partial charge in [-0.05, 0) is 56.2 Å². The van der Waals surface area contributed by atoms with Crippen LogP contribution >= 0.6 is 11.6 Å². The fourth-order valence-electron chi connectivity index (χ4n) is 3.43. The molecule has 3 rings (SSSR count). The standard InChI is InChI=1S/C24H28ClN5O3/c1-15-20(16(2)30(3)29-15)11-12-26-24(28-23(31)17-7-6-8-18(25)13-17)27-19-9-10-21(32-4)22(14-19)33-5/h6-10,13-14H,11-12H2,1-5H3,(H2,26,27,28,31). The highest BCUT2D eigenvalue weighted by molar-refractivity contribution is 6.31. The van der Waals surface area contributed by atoms with Crippen LogP contribution in [0.15, 0.2) is 47.5 Å². The number of aromatic nitrogens is 2. The zero-order chi connectivity index (χ0) is 24.0. The molecule has 2 N–H and O–H groups in total. The molecule has 9 heteroatoms. The van der Waals surface area contributed by atoms with E-state index in [-0.39, 0.29) is 5.91 Å². The quantitative estimate of drug-likeness (QED) is 0.401. The number of methoxy groups -OCH3 is 2. The molecule has 8 nitrogen and oxygen atoms in total. The van der Waals surface area contributed by atoms with Gasteiger partial charge in [0.2, 0.25) is 5.96 Å². The minimum atomic E-state index is -0.321. The van der Waals surface area contributed by atoms with E-state index in [9.17, 15) is 4.79 Å². The van der Waals surface area contributed by atoms with E-state index in [1.165, 1.54) is 0 Å². The molecule has 1 amide bonds. The van der Waals surface area contributed by atoms with Crippen LogP contribution in [0.2, 0.25) is 5.02 Å². The van der Waals surface area contributed by atoms with Crippen molar-refractivity contribution in [2.24, 2.45) is 12.0 Å². The summed E-state index contributed by atoms with van der Waals surface area (Å²) in [6.45, 7) is 4.47. The van der Waals surface area contributed by atoms with E-state index in [1.54, 1.807) is 50.6 Å². The van der Waals surface area contributed by atoms with Gasteiger partial charge in [-0.15, -0.1) is 0 Å². The van der Waals surface area contributed by atoms with E-state index in [2.05, 4.69) is 20.7 Å². The Morgan fingerprint density at radius 3 is 2.52 bits per heavy atom. The lowest BCUT2D eigenvalue weighted by Crippen LogP contribution is -2.36. The Kier molecular flexibility index (Phi) is 7.95. The molecule has 0 spiro atoms. The summed E-state index contributed by atoms with van der Waals surface area (Å²) >= 11 is 6.04. The third-order valence-corrected chi connectivity index (χ3v) is 5.49. The van der Waals surface area contributed by atoms with E-state index in [0.29, 0.717) is 46.7 Å². The van der Waals surface area contributed by atoms with Gasteiger partial charge in [0.05, 0.1) is 19.9 Å². The van der Waals surface area contributed by atoms with E-state index in [0.717, 1.165) is 17.0 Å². The average Bonchev–Trinajstić information content (AvgIpc) is 3.04. The number of carbonyl (C=O) groups excluding carboxylic acids is 1. The van der Waals surface area contributed by atoms with Gasteiger partial charge in [-0.3, -0.25) is 19.8 Å². The Morgan fingerprint density at radius 2 is 1.88 bits per heavy atom. The fourth-order valence-corrected chi connectivity index (χ4v) is 3.62. The van der Waals surface area contributed by atoms with Crippen LogP contribution in [0, 0.1) is 13.8 Å². The van der Waals surface area contributed by atoms with Gasteiger partial charge < -0.3 is 14.8 Å². The molecule has 3 aromatic rings. The largest absolute Gasteiger partial charge is 0.493 e. The van der Waals surface area contributed by atoms with E-state index >= 15 is 0 Å². The molecule has 2 aromatic carbocycles. The normalized spacial score (nSPS) is 11.3. The number of ether oxygens (including phenoxy) is 2. The van der Waals surface area contributed by atoms with E-state index < -0.39 is 0 Å². The number of carbonyl (C=O) groups is 1. The Morgan fingerprint density at radius 1 is 1.12 bits per heavy atom. The molecule has 0 saturated carbocycles. The third kappa shape index (κ3) is 6.04. The van der Waals surface area contributed by atoms with Gasteiger partial charge >= 0.3 is 0 Å². The van der Waals surface area contributed by atoms with Crippen molar-refractivity contribution >= 4 is 29.2 Å². The first-order chi connectivity index (χ1) is 15.8. The lowest BCUT2D eigenvalue weighted by Gasteiger charge is -2.14. The predicted octanol–water partition coefficient (Wildman–Crippen LogP) is 4.15. The van der Waals surface area contributed by atoms with Crippen LogP contribution < -0.4 is 20.1 Å². The van der Waals surface area contributed by atoms with Crippen LogP contribution in [0.1, 0.15) is 27.3 Å². The Balaban J connectivity index is 1.83. The number of hydrogen-bond donors (Lipinski definition) is 2. The SMILES string of the molecule is COc1ccc(NC(=NCCc2c(C)nn(C)c2C)NC(=O)c2cccc(Cl)c2)cc1OC. The van der Waals surface area contributed by atoms with Gasteiger partial charge in [-0.2, -0.15) is 5.10 Å². The number of hydrogen-bond acceptors (Lipinski definition) is 5. The van der Waals surface area contributed by atoms with Crippen molar-refractivity contribution in [3.05, 3.63) is 70.0 Å². The average molecular weight is 470 g/mol. The summed E-state index contributed by atoms with van der Waals surface area (Å²) in [5.74, 6) is 1.15. The van der Waals surface area contributed by atoms with Crippen molar-refractivity contribution < 1.29 is 14.3 Å². The van der Waals surface area contributed by atoms with Gasteiger partial charge in [0, 0.05) is 41.6 Å². The molecule has 0 aliphatic carbocycles. The predicted molar refractivity (Wildman–Crippen MR) is 131 cm³/mol. The molecule has 1 aromatic heterocycles. The first-order valence-electron chi connectivity index (χ1n) is 10.4. The number of aliphatic imine (C=N–C) groups is 1. The van der Waals surface area contributed by atoms with Crippen molar-refractivity contribution in [2.45, 2.75) is 20.3 Å². The van der Waals surface area contributed by atoms with Crippen LogP contribution in [0.25, 0.3) is 0 Å². The molecular formula is C24H28ClN5O3. The summed E-state index contributed by atoms with van der Waals surface area (Å²) in [5, 5.41) is 10.9. The minimum absolute atomic E-state index is 0.311. The molecule has 0 saturated heterocycles. The highest BCUT2D eigenvalue weighted by Gasteiger charge is 2.13. The molecule has 0 aliphatic rings. The Labute approximate surface area is 198 Å². The number of nitrogens with one attached hydrogen (secondary N) is 2. The topological polar surface area (TPSA) is 89.8 Å². The molecule has 0 unspecified atom stereocenters. The molecule has 1 heterocycles. The summed E-state index contributed by atoms with van der Waals surface area (Å²) < 4.78 is 12.5. The highest BCUT2D eigenvalue weighted by atomic mass is 35.5. The number of amides is 1. The number of aryl methyl sites for hydroxylation is 2. The van der Waals surface area contributed by atoms with Crippen molar-refractivity contribution in [2.75, 3.05) is 26.1 Å². The molecular weight excluding hydrogens is 442 g/mol. The molecule has 174 valence electrons. The van der Waals surface area contributed by atoms with Crippen LogP contribution in [0.4, 0.5) is 5.69 Å². The summed E-state index contributed by atoms with van der Waals surface area (Å²) in [4.78, 5) is 17.4. The van der Waals surface area contributed by atoms with Crippen LogP contribution in [0.3, 0.4) is 0 Å². The molecule has 0 atom stereocenters. The number of nitrogens with zero attached hydrogens (tertiary/aromatic N) is 3. The maximum absolute atomic E-state index is 12.8. The van der Waals surface area contributed by atoms with E-state index in [4.69, 9.17) is 21.1 Å². The van der Waals surface area contributed by atoms with Gasteiger partial charge in [0.15, 0.2) is 11.5 Å². The third-order valence-electron chi connectivity index (χ3n) is 5.26. The second kappa shape index (κ2) is 10.9. The van der Waals surface area contributed by atoms with E-state index in [1.807, 2.05) is 31.6 Å². The van der Waals surface area contributed by atoms with Gasteiger partial charge in [0.1, 0.15) is 0 Å². The van der Waals surface area contributed by atoms with Gasteiger partial charge in [-0.1, -0.05) is 17.7 Å². The lowest BCUT2D eigenvalue weighted by molar-refractivity contribution is 0.0977. The summed E-state index contributed by atoms with van der Waals surface area (Å²) in [6.07, 6.45) is 0.690. The summed E-state index contributed by atoms with van der Waals surface area (Å²) in [6, 6.07) is 12.1. The van der Waals surface area contributed by atoms with Gasteiger partial charge in [-0.25, -0.2) is 0 Å². The lowest BCUT2D eigenvalue weighted by atomic mass is 10.1. The fraction of sp³-hybridized carbons (Fsp3) is 0.292. The van der Waals surface area contributed by atoms with Crippen LogP contribution in [-0.4, -0.2) is 42.4 Å². The molecule has 0 bridgehead atoms. The Bertz CT molecular complexity index is 1170. The van der Waals surface area contributed by atoms with Gasteiger partial charge in [0.25, 0.3) is 5.91 Å². The maximum Gasteiger partial charge on any atom is 0.258 e. The number of benzene rings is 2. The Hall–Kier alpha value is -3.52. The first-order valence-corrected chi connectivity index (χ1v) is 10.8. The molecule has 0 aliphatic heterocycles. The van der Waals surface area contributed by atoms with Crippen LogP contribution in [0.5, 0.6) is 11.5 Å². The monoisotopic (exact) mass is 469 g/mol. The molecule has 0 radical (unpaired) electrons.